The minimum atomic E-state index is 0.697. The van der Waals surface area contributed by atoms with Crippen molar-refractivity contribution in [1.29, 1.82) is 0 Å². The van der Waals surface area contributed by atoms with Crippen molar-refractivity contribution >= 4 is 15.9 Å². The van der Waals surface area contributed by atoms with E-state index in [0.29, 0.717) is 6.61 Å². The lowest BCUT2D eigenvalue weighted by Crippen LogP contribution is -1.97. The molecule has 0 aromatic heterocycles. The molecule has 0 heterocycles. The topological polar surface area (TPSA) is 9.23 Å². The zero-order chi connectivity index (χ0) is 13.0. The minimum absolute atomic E-state index is 0.697. The van der Waals surface area contributed by atoms with Crippen molar-refractivity contribution in [3.63, 3.8) is 0 Å². The second-order valence-electron chi connectivity index (χ2n) is 4.38. The first-order valence-corrected chi connectivity index (χ1v) is 7.19. The van der Waals surface area contributed by atoms with Crippen LogP contribution in [0.4, 0.5) is 0 Å². The second kappa shape index (κ2) is 6.05. The Morgan fingerprint density at radius 1 is 1.00 bits per heavy atom. The van der Waals surface area contributed by atoms with Crippen LogP contribution in [0.25, 0.3) is 11.1 Å². The lowest BCUT2D eigenvalue weighted by Gasteiger charge is -2.09. The van der Waals surface area contributed by atoms with Gasteiger partial charge in [0.25, 0.3) is 0 Å². The fraction of sp³-hybridized carbons (Fsp3) is 0.250. The van der Waals surface area contributed by atoms with E-state index in [0.717, 1.165) is 11.1 Å². The van der Waals surface area contributed by atoms with Gasteiger partial charge in [-0.05, 0) is 42.7 Å². The Balaban J connectivity index is 2.25. The Kier molecular flexibility index (Phi) is 4.43. The summed E-state index contributed by atoms with van der Waals surface area (Å²) in [6.07, 6.45) is 0. The van der Waals surface area contributed by atoms with Gasteiger partial charge in [0, 0.05) is 5.33 Å². The highest BCUT2D eigenvalue weighted by molar-refractivity contribution is 9.09. The fourth-order valence-corrected chi connectivity index (χ4v) is 2.10. The highest BCUT2D eigenvalue weighted by atomic mass is 79.9. The number of benzene rings is 2. The van der Waals surface area contributed by atoms with Gasteiger partial charge in [0.05, 0.1) is 6.61 Å². The predicted molar refractivity (Wildman–Crippen MR) is 80.6 cm³/mol. The first kappa shape index (κ1) is 13.2. The molecule has 0 aliphatic carbocycles. The van der Waals surface area contributed by atoms with E-state index in [-0.39, 0.29) is 0 Å². The maximum atomic E-state index is 5.55. The molecule has 0 N–H and O–H groups in total. The summed E-state index contributed by atoms with van der Waals surface area (Å²) in [6, 6.07) is 14.8. The number of rotatable bonds is 4. The Hall–Kier alpha value is -1.28. The quantitative estimate of drug-likeness (QED) is 0.741. The van der Waals surface area contributed by atoms with Crippen LogP contribution in [-0.4, -0.2) is 11.9 Å². The van der Waals surface area contributed by atoms with Crippen molar-refractivity contribution in [3.8, 4) is 16.9 Å². The van der Waals surface area contributed by atoms with Crippen LogP contribution in [-0.2, 0) is 0 Å². The van der Waals surface area contributed by atoms with Gasteiger partial charge < -0.3 is 4.74 Å². The molecule has 0 aliphatic heterocycles. The smallest absolute Gasteiger partial charge is 0.119 e. The molecule has 2 aromatic carbocycles. The molecule has 0 bridgehead atoms. The summed E-state index contributed by atoms with van der Waals surface area (Å²) in [5, 5.41) is 0.853. The van der Waals surface area contributed by atoms with E-state index in [4.69, 9.17) is 4.74 Å². The van der Waals surface area contributed by atoms with Crippen molar-refractivity contribution in [2.24, 2.45) is 0 Å². The summed E-state index contributed by atoms with van der Waals surface area (Å²) in [7, 11) is 0. The lowest BCUT2D eigenvalue weighted by atomic mass is 9.98. The maximum absolute atomic E-state index is 5.55. The van der Waals surface area contributed by atoms with Crippen molar-refractivity contribution in [2.75, 3.05) is 11.9 Å². The molecule has 0 unspecified atom stereocenters. The molecule has 1 nitrogen and oxygen atoms in total. The van der Waals surface area contributed by atoms with Gasteiger partial charge in [-0.25, -0.2) is 0 Å². The third-order valence-electron chi connectivity index (χ3n) is 2.90. The molecule has 0 saturated heterocycles. The van der Waals surface area contributed by atoms with Crippen LogP contribution in [0.15, 0.2) is 42.5 Å². The molecule has 0 spiro atoms. The van der Waals surface area contributed by atoms with Crippen LogP contribution in [0.5, 0.6) is 5.75 Å². The van der Waals surface area contributed by atoms with Crippen molar-refractivity contribution in [3.05, 3.63) is 53.6 Å². The molecule has 0 amide bonds. The molecule has 18 heavy (non-hydrogen) atoms. The Bertz CT molecular complexity index is 517. The molecule has 0 aliphatic rings. The van der Waals surface area contributed by atoms with Gasteiger partial charge in [-0.2, -0.15) is 0 Å². The highest BCUT2D eigenvalue weighted by Crippen LogP contribution is 2.26. The second-order valence-corrected chi connectivity index (χ2v) is 5.17. The number of hydrogen-bond acceptors (Lipinski definition) is 1. The van der Waals surface area contributed by atoms with E-state index < -0.39 is 0 Å². The molecule has 0 saturated carbocycles. The molecule has 0 fully saturated rings. The lowest BCUT2D eigenvalue weighted by molar-refractivity contribution is 0.345. The van der Waals surface area contributed by atoms with Crippen LogP contribution in [0, 0.1) is 13.8 Å². The van der Waals surface area contributed by atoms with Crippen molar-refractivity contribution < 1.29 is 4.74 Å². The van der Waals surface area contributed by atoms with Gasteiger partial charge in [-0.15, -0.1) is 0 Å². The average molecular weight is 305 g/mol. The monoisotopic (exact) mass is 304 g/mol. The van der Waals surface area contributed by atoms with Crippen LogP contribution < -0.4 is 4.74 Å². The number of halogens is 1. The van der Waals surface area contributed by atoms with Crippen LogP contribution in [0.1, 0.15) is 11.1 Å². The molecule has 0 atom stereocenters. The predicted octanol–water partition coefficient (Wildman–Crippen LogP) is 4.74. The maximum Gasteiger partial charge on any atom is 0.119 e. The van der Waals surface area contributed by atoms with Crippen molar-refractivity contribution in [2.45, 2.75) is 13.8 Å². The zero-order valence-electron chi connectivity index (χ0n) is 10.7. The van der Waals surface area contributed by atoms with E-state index in [2.05, 4.69) is 60.1 Å². The van der Waals surface area contributed by atoms with Crippen LogP contribution >= 0.6 is 15.9 Å². The standard InChI is InChI=1S/C16H17BrO/c1-12-3-4-13(2)16(11-12)14-5-7-15(8-6-14)18-10-9-17/h3-8,11H,9-10H2,1-2H3. The summed E-state index contributed by atoms with van der Waals surface area (Å²) in [5.74, 6) is 0.920. The molecule has 2 aromatic rings. The van der Waals surface area contributed by atoms with E-state index in [1.165, 1.54) is 22.3 Å². The number of alkyl halides is 1. The summed E-state index contributed by atoms with van der Waals surface area (Å²) < 4.78 is 5.55. The summed E-state index contributed by atoms with van der Waals surface area (Å²) in [6.45, 7) is 4.96. The molecular weight excluding hydrogens is 288 g/mol. The SMILES string of the molecule is Cc1ccc(C)c(-c2ccc(OCCBr)cc2)c1. The van der Waals surface area contributed by atoms with Gasteiger partial charge in [-0.1, -0.05) is 51.8 Å². The van der Waals surface area contributed by atoms with Crippen LogP contribution in [0.2, 0.25) is 0 Å². The Labute approximate surface area is 117 Å². The number of ether oxygens (including phenoxy) is 1. The molecule has 2 rings (SSSR count). The largest absolute Gasteiger partial charge is 0.493 e. The molecule has 2 heteroatoms. The van der Waals surface area contributed by atoms with Gasteiger partial charge in [-0.3, -0.25) is 0 Å². The third-order valence-corrected chi connectivity index (χ3v) is 3.23. The Morgan fingerprint density at radius 3 is 2.39 bits per heavy atom. The summed E-state index contributed by atoms with van der Waals surface area (Å²) in [5.41, 5.74) is 5.12. The number of aryl methyl sites for hydroxylation is 2. The molecular formula is C16H17BrO. The summed E-state index contributed by atoms with van der Waals surface area (Å²) in [4.78, 5) is 0. The van der Waals surface area contributed by atoms with E-state index in [1.807, 2.05) is 12.1 Å². The first-order valence-electron chi connectivity index (χ1n) is 6.07. The Morgan fingerprint density at radius 2 is 1.72 bits per heavy atom. The van der Waals surface area contributed by atoms with Gasteiger partial charge in [0.2, 0.25) is 0 Å². The van der Waals surface area contributed by atoms with Gasteiger partial charge in [0.1, 0.15) is 5.75 Å². The van der Waals surface area contributed by atoms with E-state index in [9.17, 15) is 0 Å². The fourth-order valence-electron chi connectivity index (χ4n) is 1.93. The number of hydrogen-bond donors (Lipinski definition) is 0. The highest BCUT2D eigenvalue weighted by Gasteiger charge is 2.02. The molecule has 94 valence electrons. The molecule has 0 radical (unpaired) electrons. The van der Waals surface area contributed by atoms with E-state index in [1.54, 1.807) is 0 Å². The van der Waals surface area contributed by atoms with Crippen LogP contribution in [0.3, 0.4) is 0 Å². The normalized spacial score (nSPS) is 10.4. The van der Waals surface area contributed by atoms with E-state index >= 15 is 0 Å². The van der Waals surface area contributed by atoms with Gasteiger partial charge in [0.15, 0.2) is 0 Å². The third kappa shape index (κ3) is 3.14. The first-order chi connectivity index (χ1) is 8.70. The van der Waals surface area contributed by atoms with Gasteiger partial charge >= 0.3 is 0 Å². The summed E-state index contributed by atoms with van der Waals surface area (Å²) >= 11 is 3.35. The minimum Gasteiger partial charge on any atom is -0.493 e. The van der Waals surface area contributed by atoms with Crippen molar-refractivity contribution in [1.82, 2.24) is 0 Å². The average Bonchev–Trinajstić information content (AvgIpc) is 2.40. The zero-order valence-corrected chi connectivity index (χ0v) is 12.3.